The van der Waals surface area contributed by atoms with E-state index in [2.05, 4.69) is 4.98 Å². The van der Waals surface area contributed by atoms with Crippen LogP contribution in [0.15, 0.2) is 23.2 Å². The van der Waals surface area contributed by atoms with Gasteiger partial charge in [0, 0.05) is 33.9 Å². The molecule has 1 amide bonds. The van der Waals surface area contributed by atoms with Gasteiger partial charge in [-0.1, -0.05) is 0 Å². The van der Waals surface area contributed by atoms with E-state index in [1.165, 1.54) is 24.2 Å². The largest absolute Gasteiger partial charge is 0.348 e. The molecule has 1 aromatic rings. The average molecular weight is 286 g/mol. The molecular weight excluding hydrogens is 268 g/mol. The lowest BCUT2D eigenvalue weighted by Gasteiger charge is -2.19. The zero-order chi connectivity index (χ0) is 14.6. The first-order chi connectivity index (χ1) is 8.78. The Bertz CT molecular complexity index is 540. The first kappa shape index (κ1) is 15.5. The Morgan fingerprint density at radius 1 is 1.32 bits per heavy atom. The molecule has 1 aromatic heterocycles. The molecule has 0 atom stereocenters. The number of likely N-dealkylation sites (N-methyl/N-ethyl adjacent to an activating group) is 2. The lowest BCUT2D eigenvalue weighted by Crippen LogP contribution is -2.37. The van der Waals surface area contributed by atoms with Crippen LogP contribution in [0.25, 0.3) is 0 Å². The Balaban J connectivity index is 2.93. The van der Waals surface area contributed by atoms with Gasteiger partial charge >= 0.3 is 0 Å². The fourth-order valence-electron chi connectivity index (χ4n) is 1.28. The minimum atomic E-state index is -3.71. The summed E-state index contributed by atoms with van der Waals surface area (Å²) in [4.78, 5) is 16.8. The summed E-state index contributed by atoms with van der Waals surface area (Å²) in [6, 6.07) is 2.98. The van der Waals surface area contributed by atoms with E-state index in [-0.39, 0.29) is 23.9 Å². The van der Waals surface area contributed by atoms with E-state index in [1.807, 2.05) is 0 Å². The molecule has 0 fully saturated rings. The maximum atomic E-state index is 12.2. The Hall–Kier alpha value is -1.51. The highest BCUT2D eigenvalue weighted by Gasteiger charge is 2.23. The summed E-state index contributed by atoms with van der Waals surface area (Å²) in [6.45, 7) is 0.0310. The fraction of sp³-hybridized carbons (Fsp3) is 0.455. The van der Waals surface area contributed by atoms with Crippen LogP contribution in [0.5, 0.6) is 0 Å². The second-order valence-corrected chi connectivity index (χ2v) is 6.28. The van der Waals surface area contributed by atoms with Crippen molar-refractivity contribution >= 4 is 15.9 Å². The van der Waals surface area contributed by atoms with Gasteiger partial charge in [0.25, 0.3) is 0 Å². The average Bonchev–Trinajstić information content (AvgIpc) is 2.38. The highest BCUT2D eigenvalue weighted by molar-refractivity contribution is 7.89. The Labute approximate surface area is 113 Å². The van der Waals surface area contributed by atoms with E-state index in [9.17, 15) is 13.2 Å². The number of hydrogen-bond acceptors (Lipinski definition) is 5. The Morgan fingerprint density at radius 3 is 2.37 bits per heavy atom. The van der Waals surface area contributed by atoms with Gasteiger partial charge in [0.1, 0.15) is 4.90 Å². The van der Waals surface area contributed by atoms with Crippen LogP contribution in [-0.4, -0.2) is 56.2 Å². The van der Waals surface area contributed by atoms with Crippen molar-refractivity contribution in [2.75, 3.05) is 27.7 Å². The second-order valence-electron chi connectivity index (χ2n) is 4.24. The maximum Gasteiger partial charge on any atom is 0.244 e. The van der Waals surface area contributed by atoms with Gasteiger partial charge < -0.3 is 10.6 Å². The quantitative estimate of drug-likeness (QED) is 0.768. The molecule has 7 nitrogen and oxygen atoms in total. The van der Waals surface area contributed by atoms with Crippen LogP contribution >= 0.6 is 0 Å². The van der Waals surface area contributed by atoms with Gasteiger partial charge in [0.15, 0.2) is 0 Å². The number of rotatable bonds is 5. The SMILES string of the molecule is CN(C)C(=O)CN(C)S(=O)(=O)c1ccc(CN)nc1. The number of hydrogen-bond donors (Lipinski definition) is 1. The zero-order valence-electron chi connectivity index (χ0n) is 11.2. The number of nitrogens with two attached hydrogens (primary N) is 1. The van der Waals surface area contributed by atoms with Gasteiger partial charge in [-0.15, -0.1) is 0 Å². The second kappa shape index (κ2) is 6.09. The fourth-order valence-corrected chi connectivity index (χ4v) is 2.35. The summed E-state index contributed by atoms with van der Waals surface area (Å²) in [6.07, 6.45) is 1.24. The molecule has 0 aromatic carbocycles. The number of carbonyl (C=O) groups excluding carboxylic acids is 1. The molecular formula is C11H18N4O3S. The summed E-state index contributed by atoms with van der Waals surface area (Å²) in [7, 11) is 0.784. The van der Waals surface area contributed by atoms with Gasteiger partial charge in [-0.05, 0) is 12.1 Å². The van der Waals surface area contributed by atoms with Crippen molar-refractivity contribution in [2.45, 2.75) is 11.4 Å². The first-order valence-corrected chi connectivity index (χ1v) is 7.04. The summed E-state index contributed by atoms with van der Waals surface area (Å²) < 4.78 is 25.3. The molecule has 0 aliphatic heterocycles. The lowest BCUT2D eigenvalue weighted by atomic mass is 10.4. The van der Waals surface area contributed by atoms with Crippen molar-refractivity contribution in [3.05, 3.63) is 24.0 Å². The van der Waals surface area contributed by atoms with Crippen LogP contribution in [0.3, 0.4) is 0 Å². The van der Waals surface area contributed by atoms with E-state index in [1.54, 1.807) is 20.2 Å². The minimum absolute atomic E-state index is 0.0405. The topological polar surface area (TPSA) is 96.6 Å². The molecule has 0 radical (unpaired) electrons. The molecule has 1 rings (SSSR count). The molecule has 1 heterocycles. The molecule has 0 saturated carbocycles. The number of aromatic nitrogens is 1. The third kappa shape index (κ3) is 3.72. The Morgan fingerprint density at radius 2 is 1.95 bits per heavy atom. The van der Waals surface area contributed by atoms with E-state index < -0.39 is 10.0 Å². The molecule has 2 N–H and O–H groups in total. The molecule has 0 bridgehead atoms. The maximum absolute atomic E-state index is 12.2. The molecule has 19 heavy (non-hydrogen) atoms. The standard InChI is InChI=1S/C11H18N4O3S/c1-14(2)11(16)8-15(3)19(17,18)10-5-4-9(6-12)13-7-10/h4-5,7H,6,8,12H2,1-3H3. The van der Waals surface area contributed by atoms with E-state index in [0.29, 0.717) is 5.69 Å². The van der Waals surface area contributed by atoms with E-state index in [0.717, 1.165) is 4.31 Å². The summed E-state index contributed by atoms with van der Waals surface area (Å²) >= 11 is 0. The number of pyridine rings is 1. The lowest BCUT2D eigenvalue weighted by molar-refractivity contribution is -0.128. The summed E-state index contributed by atoms with van der Waals surface area (Å²) in [5.74, 6) is -0.294. The number of sulfonamides is 1. The highest BCUT2D eigenvalue weighted by atomic mass is 32.2. The minimum Gasteiger partial charge on any atom is -0.348 e. The van der Waals surface area contributed by atoms with Crippen LogP contribution in [0, 0.1) is 0 Å². The van der Waals surface area contributed by atoms with Crippen LogP contribution < -0.4 is 5.73 Å². The van der Waals surface area contributed by atoms with Crippen molar-refractivity contribution in [1.29, 1.82) is 0 Å². The van der Waals surface area contributed by atoms with E-state index in [4.69, 9.17) is 5.73 Å². The van der Waals surface area contributed by atoms with Crippen molar-refractivity contribution in [1.82, 2.24) is 14.2 Å². The molecule has 0 spiro atoms. The normalized spacial score (nSPS) is 11.6. The third-order valence-electron chi connectivity index (χ3n) is 2.57. The summed E-state index contributed by atoms with van der Waals surface area (Å²) in [5.41, 5.74) is 6.00. The van der Waals surface area contributed by atoms with Gasteiger partial charge in [0.05, 0.1) is 12.2 Å². The predicted octanol–water partition coefficient (Wildman–Crippen LogP) is -0.751. The predicted molar refractivity (Wildman–Crippen MR) is 70.6 cm³/mol. The summed E-state index contributed by atoms with van der Waals surface area (Å²) in [5, 5.41) is 0. The number of amides is 1. The van der Waals surface area contributed by atoms with Gasteiger partial charge in [-0.25, -0.2) is 8.42 Å². The van der Waals surface area contributed by atoms with Crippen molar-refractivity contribution in [3.8, 4) is 0 Å². The third-order valence-corrected chi connectivity index (χ3v) is 4.36. The van der Waals surface area contributed by atoms with Crippen LogP contribution in [-0.2, 0) is 21.4 Å². The monoisotopic (exact) mass is 286 g/mol. The van der Waals surface area contributed by atoms with Gasteiger partial charge in [-0.2, -0.15) is 4.31 Å². The van der Waals surface area contributed by atoms with Crippen LogP contribution in [0.4, 0.5) is 0 Å². The molecule has 0 aliphatic rings. The van der Waals surface area contributed by atoms with E-state index >= 15 is 0 Å². The number of nitrogens with zero attached hydrogens (tertiary/aromatic N) is 3. The number of carbonyl (C=O) groups is 1. The Kier molecular flexibility index (Phi) is 4.98. The molecule has 106 valence electrons. The zero-order valence-corrected chi connectivity index (χ0v) is 12.0. The molecule has 8 heteroatoms. The van der Waals surface area contributed by atoms with Crippen LogP contribution in [0.1, 0.15) is 5.69 Å². The van der Waals surface area contributed by atoms with Crippen molar-refractivity contribution < 1.29 is 13.2 Å². The molecule has 0 unspecified atom stereocenters. The van der Waals surface area contributed by atoms with Gasteiger partial charge in [0.2, 0.25) is 15.9 Å². The molecule has 0 saturated heterocycles. The van der Waals surface area contributed by atoms with Gasteiger partial charge in [-0.3, -0.25) is 9.78 Å². The smallest absolute Gasteiger partial charge is 0.244 e. The van der Waals surface area contributed by atoms with Crippen molar-refractivity contribution in [2.24, 2.45) is 5.73 Å². The highest BCUT2D eigenvalue weighted by Crippen LogP contribution is 2.13. The van der Waals surface area contributed by atoms with Crippen LogP contribution in [0.2, 0.25) is 0 Å². The first-order valence-electron chi connectivity index (χ1n) is 5.60. The molecule has 0 aliphatic carbocycles. The van der Waals surface area contributed by atoms with Crippen molar-refractivity contribution in [3.63, 3.8) is 0 Å².